The van der Waals surface area contributed by atoms with Gasteiger partial charge in [-0.25, -0.2) is 0 Å². The number of halogens is 3. The molecule has 1 unspecified atom stereocenters. The minimum Gasteiger partial charge on any atom is -0.616 e. The molecule has 0 radical (unpaired) electrons. The van der Waals surface area contributed by atoms with Gasteiger partial charge in [-0.05, 0) is 50.1 Å². The molecule has 0 aliphatic carbocycles. The number of hydrogen-bond donors (Lipinski definition) is 0. The first-order valence-electron chi connectivity index (χ1n) is 8.86. The van der Waals surface area contributed by atoms with Crippen molar-refractivity contribution in [2.75, 3.05) is 42.6 Å². The van der Waals surface area contributed by atoms with Gasteiger partial charge >= 0.3 is 6.18 Å². The lowest BCUT2D eigenvalue weighted by atomic mass is 9.91. The number of benzene rings is 1. The first-order chi connectivity index (χ1) is 11.8. The third-order valence-corrected chi connectivity index (χ3v) is 7.74. The van der Waals surface area contributed by atoms with Crippen molar-refractivity contribution >= 4 is 16.9 Å². The van der Waals surface area contributed by atoms with Crippen molar-refractivity contribution in [3.63, 3.8) is 0 Å². The van der Waals surface area contributed by atoms with Gasteiger partial charge in [0.25, 0.3) is 0 Å². The van der Waals surface area contributed by atoms with Gasteiger partial charge in [0.1, 0.15) is 11.5 Å². The zero-order valence-corrected chi connectivity index (χ0v) is 14.9. The fourth-order valence-corrected chi connectivity index (χ4v) is 6.26. The van der Waals surface area contributed by atoms with Gasteiger partial charge < -0.3 is 9.45 Å². The number of likely N-dealkylation sites (tertiary alicyclic amines) is 1. The van der Waals surface area contributed by atoms with Crippen LogP contribution in [0.15, 0.2) is 24.3 Å². The Bertz CT molecular complexity index is 616. The zero-order valence-electron chi connectivity index (χ0n) is 14.1. The highest BCUT2D eigenvalue weighted by atomic mass is 32.2. The molecule has 0 N–H and O–H groups in total. The SMILES string of the molecule is [O-][S+]1CC2(CCN(C3CCCN(c4ccc(C(F)(F)F)cc4)C3)C2)C1. The molecule has 3 saturated heterocycles. The molecule has 0 bridgehead atoms. The number of nitrogens with zero attached hydrogens (tertiary/aromatic N) is 2. The summed E-state index contributed by atoms with van der Waals surface area (Å²) in [5.41, 5.74) is 0.558. The molecule has 0 aromatic heterocycles. The molecule has 1 aromatic carbocycles. The van der Waals surface area contributed by atoms with E-state index in [4.69, 9.17) is 0 Å². The second-order valence-corrected chi connectivity index (χ2v) is 9.19. The molecule has 138 valence electrons. The Labute approximate surface area is 149 Å². The summed E-state index contributed by atoms with van der Waals surface area (Å²) in [6, 6.07) is 5.97. The molecule has 1 aromatic rings. The van der Waals surface area contributed by atoms with E-state index < -0.39 is 22.9 Å². The second kappa shape index (κ2) is 6.35. The lowest BCUT2D eigenvalue weighted by molar-refractivity contribution is -0.137. The van der Waals surface area contributed by atoms with Gasteiger partial charge in [-0.1, -0.05) is 11.2 Å². The summed E-state index contributed by atoms with van der Waals surface area (Å²) in [5, 5.41) is 0. The van der Waals surface area contributed by atoms with E-state index in [2.05, 4.69) is 9.80 Å². The maximum absolute atomic E-state index is 12.7. The summed E-state index contributed by atoms with van der Waals surface area (Å²) in [5.74, 6) is 1.69. The largest absolute Gasteiger partial charge is 0.616 e. The monoisotopic (exact) mass is 372 g/mol. The van der Waals surface area contributed by atoms with Crippen molar-refractivity contribution in [1.82, 2.24) is 4.90 Å². The molecule has 3 heterocycles. The maximum Gasteiger partial charge on any atom is 0.416 e. The Morgan fingerprint density at radius 2 is 1.84 bits per heavy atom. The van der Waals surface area contributed by atoms with Gasteiger partial charge in [-0.3, -0.25) is 4.90 Å². The van der Waals surface area contributed by atoms with Crippen LogP contribution in [-0.4, -0.2) is 53.2 Å². The predicted molar refractivity (Wildman–Crippen MR) is 93.2 cm³/mol. The van der Waals surface area contributed by atoms with Crippen molar-refractivity contribution in [2.45, 2.75) is 31.5 Å². The molecular formula is C18H23F3N2OS. The topological polar surface area (TPSA) is 29.5 Å². The van der Waals surface area contributed by atoms with Crippen LogP contribution >= 0.6 is 0 Å². The number of anilines is 1. The normalized spacial score (nSPS) is 33.7. The van der Waals surface area contributed by atoms with Crippen LogP contribution in [0.5, 0.6) is 0 Å². The molecule has 0 amide bonds. The summed E-state index contributed by atoms with van der Waals surface area (Å²) in [4.78, 5) is 4.73. The molecule has 3 aliphatic rings. The van der Waals surface area contributed by atoms with Crippen molar-refractivity contribution in [2.24, 2.45) is 5.41 Å². The van der Waals surface area contributed by atoms with Crippen molar-refractivity contribution in [1.29, 1.82) is 0 Å². The van der Waals surface area contributed by atoms with Crippen molar-refractivity contribution in [3.8, 4) is 0 Å². The van der Waals surface area contributed by atoms with Gasteiger partial charge in [0, 0.05) is 31.4 Å². The average Bonchev–Trinajstić information content (AvgIpc) is 2.99. The van der Waals surface area contributed by atoms with Crippen LogP contribution in [0.3, 0.4) is 0 Å². The minimum absolute atomic E-state index is 0.279. The maximum atomic E-state index is 12.7. The smallest absolute Gasteiger partial charge is 0.416 e. The Morgan fingerprint density at radius 1 is 1.12 bits per heavy atom. The van der Waals surface area contributed by atoms with E-state index in [1.165, 1.54) is 12.1 Å². The van der Waals surface area contributed by atoms with Crippen molar-refractivity contribution in [3.05, 3.63) is 29.8 Å². The summed E-state index contributed by atoms with van der Waals surface area (Å²) in [6.45, 7) is 3.85. The standard InChI is InChI=1S/C18H23F3N2OS/c19-18(20,21)14-3-5-15(6-4-14)22-8-1-2-16(10-22)23-9-7-17(11-23)12-25(24)13-17/h3-6,16H,1-2,7-13H2. The molecule has 1 spiro atoms. The summed E-state index contributed by atoms with van der Waals surface area (Å²) in [6.07, 6.45) is -0.956. The number of rotatable bonds is 2. The second-order valence-electron chi connectivity index (χ2n) is 7.74. The van der Waals surface area contributed by atoms with E-state index in [1.807, 2.05) is 0 Å². The number of alkyl halides is 3. The van der Waals surface area contributed by atoms with Crippen LogP contribution in [-0.2, 0) is 17.4 Å². The van der Waals surface area contributed by atoms with Crippen LogP contribution < -0.4 is 4.90 Å². The lowest BCUT2D eigenvalue weighted by Crippen LogP contribution is -2.53. The third-order valence-electron chi connectivity index (χ3n) is 5.87. The Hall–Kier alpha value is -0.920. The highest BCUT2D eigenvalue weighted by molar-refractivity contribution is 7.92. The quantitative estimate of drug-likeness (QED) is 0.747. The Morgan fingerprint density at radius 3 is 2.48 bits per heavy atom. The molecule has 3 aliphatic heterocycles. The van der Waals surface area contributed by atoms with E-state index in [-0.39, 0.29) is 5.41 Å². The minimum atomic E-state index is -4.28. The molecule has 25 heavy (non-hydrogen) atoms. The van der Waals surface area contributed by atoms with Gasteiger partial charge in [-0.2, -0.15) is 13.2 Å². The first kappa shape index (κ1) is 17.5. The zero-order chi connectivity index (χ0) is 17.7. The Kier molecular flexibility index (Phi) is 4.45. The highest BCUT2D eigenvalue weighted by Crippen LogP contribution is 2.42. The molecule has 4 rings (SSSR count). The van der Waals surface area contributed by atoms with Crippen LogP contribution in [0.2, 0.25) is 0 Å². The molecular weight excluding hydrogens is 349 g/mol. The van der Waals surface area contributed by atoms with Crippen LogP contribution in [0.25, 0.3) is 0 Å². The fourth-order valence-electron chi connectivity index (χ4n) is 4.51. The van der Waals surface area contributed by atoms with Crippen LogP contribution in [0.1, 0.15) is 24.8 Å². The predicted octanol–water partition coefficient (Wildman–Crippen LogP) is 3.13. The summed E-state index contributed by atoms with van der Waals surface area (Å²) in [7, 11) is 0. The molecule has 1 atom stereocenters. The van der Waals surface area contributed by atoms with Gasteiger partial charge in [0.15, 0.2) is 0 Å². The van der Waals surface area contributed by atoms with E-state index >= 15 is 0 Å². The molecule has 3 nitrogen and oxygen atoms in total. The van der Waals surface area contributed by atoms with Crippen LogP contribution in [0, 0.1) is 5.41 Å². The van der Waals surface area contributed by atoms with Gasteiger partial charge in [0.2, 0.25) is 0 Å². The van der Waals surface area contributed by atoms with Gasteiger partial charge in [-0.15, -0.1) is 0 Å². The van der Waals surface area contributed by atoms with E-state index in [1.54, 1.807) is 12.1 Å². The summed E-state index contributed by atoms with van der Waals surface area (Å²) < 4.78 is 49.7. The molecule has 3 fully saturated rings. The fraction of sp³-hybridized carbons (Fsp3) is 0.667. The molecule has 0 saturated carbocycles. The van der Waals surface area contributed by atoms with E-state index in [0.29, 0.717) is 6.04 Å². The van der Waals surface area contributed by atoms with E-state index in [0.717, 1.165) is 62.6 Å². The van der Waals surface area contributed by atoms with Gasteiger partial charge in [0.05, 0.1) is 11.0 Å². The number of piperidine rings is 1. The highest BCUT2D eigenvalue weighted by Gasteiger charge is 2.53. The van der Waals surface area contributed by atoms with Crippen LogP contribution in [0.4, 0.5) is 18.9 Å². The number of hydrogen-bond acceptors (Lipinski definition) is 3. The average molecular weight is 372 g/mol. The summed E-state index contributed by atoms with van der Waals surface area (Å²) >= 11 is -0.616. The first-order valence-corrected chi connectivity index (χ1v) is 10.3. The van der Waals surface area contributed by atoms with Crippen molar-refractivity contribution < 1.29 is 17.7 Å². The lowest BCUT2D eigenvalue weighted by Gasteiger charge is -2.42. The third kappa shape index (κ3) is 3.51. The molecule has 7 heteroatoms. The van der Waals surface area contributed by atoms with E-state index in [9.17, 15) is 17.7 Å². The Balaban J connectivity index is 1.40.